The van der Waals surface area contributed by atoms with Crippen molar-refractivity contribution in [3.8, 4) is 11.5 Å². The van der Waals surface area contributed by atoms with E-state index in [1.54, 1.807) is 49.6 Å². The molecular weight excluding hydrogens is 332 g/mol. The van der Waals surface area contributed by atoms with Crippen molar-refractivity contribution in [2.24, 2.45) is 5.16 Å². The molecule has 0 saturated carbocycles. The maximum absolute atomic E-state index is 11.9. The molecule has 6 nitrogen and oxygen atoms in total. The highest BCUT2D eigenvalue weighted by Crippen LogP contribution is 2.28. The normalized spacial score (nSPS) is 10.5. The molecule has 126 valence electrons. The van der Waals surface area contributed by atoms with Crippen molar-refractivity contribution in [3.05, 3.63) is 53.1 Å². The first-order valence-electron chi connectivity index (χ1n) is 7.05. The number of carbonyl (C=O) groups excluding carboxylic acids is 1. The van der Waals surface area contributed by atoms with Crippen LogP contribution in [0.25, 0.3) is 0 Å². The van der Waals surface area contributed by atoms with Gasteiger partial charge in [0.1, 0.15) is 11.5 Å². The van der Waals surface area contributed by atoms with Gasteiger partial charge in [-0.3, -0.25) is 4.79 Å². The standard InChI is InChI=1S/C17H17ClN2O4/c1-22-14-7-8-15(16(9-14)23-2)20-17(21)11-24-19-10-12-3-5-13(18)6-4-12/h3-10H,11H2,1-2H3,(H,20,21)/b19-10-. The minimum atomic E-state index is -0.355. The number of methoxy groups -OCH3 is 2. The summed E-state index contributed by atoms with van der Waals surface area (Å²) < 4.78 is 10.3. The average molecular weight is 349 g/mol. The zero-order valence-corrected chi connectivity index (χ0v) is 14.0. The lowest BCUT2D eigenvalue weighted by Crippen LogP contribution is -2.17. The van der Waals surface area contributed by atoms with Gasteiger partial charge in [0, 0.05) is 11.1 Å². The van der Waals surface area contributed by atoms with Crippen LogP contribution in [0.5, 0.6) is 11.5 Å². The van der Waals surface area contributed by atoms with Crippen LogP contribution in [0.1, 0.15) is 5.56 Å². The molecule has 0 unspecified atom stereocenters. The van der Waals surface area contributed by atoms with Gasteiger partial charge in [0.25, 0.3) is 5.91 Å². The van der Waals surface area contributed by atoms with Gasteiger partial charge >= 0.3 is 0 Å². The molecule has 0 aromatic heterocycles. The van der Waals surface area contributed by atoms with Crippen molar-refractivity contribution in [2.45, 2.75) is 0 Å². The predicted octanol–water partition coefficient (Wildman–Crippen LogP) is 3.35. The number of nitrogens with zero attached hydrogens (tertiary/aromatic N) is 1. The summed E-state index contributed by atoms with van der Waals surface area (Å²) in [4.78, 5) is 16.9. The Morgan fingerprint density at radius 2 is 1.92 bits per heavy atom. The molecule has 0 atom stereocenters. The summed E-state index contributed by atoms with van der Waals surface area (Å²) in [5, 5.41) is 7.07. The highest BCUT2D eigenvalue weighted by molar-refractivity contribution is 6.30. The van der Waals surface area contributed by atoms with Crippen molar-refractivity contribution < 1.29 is 19.1 Å². The topological polar surface area (TPSA) is 69.2 Å². The SMILES string of the molecule is COc1ccc(NC(=O)CO/N=C\c2ccc(Cl)cc2)c(OC)c1. The van der Waals surface area contributed by atoms with Crippen molar-refractivity contribution in [1.82, 2.24) is 0 Å². The van der Waals surface area contributed by atoms with Gasteiger partial charge in [-0.2, -0.15) is 0 Å². The Bertz CT molecular complexity index is 717. The molecule has 0 aliphatic carbocycles. The molecule has 0 aliphatic heterocycles. The number of anilines is 1. The summed E-state index contributed by atoms with van der Waals surface area (Å²) in [5.41, 5.74) is 1.34. The van der Waals surface area contributed by atoms with E-state index >= 15 is 0 Å². The first kappa shape index (κ1) is 17.6. The third kappa shape index (κ3) is 5.17. The molecule has 0 aliphatic rings. The van der Waals surface area contributed by atoms with E-state index in [-0.39, 0.29) is 12.5 Å². The Balaban J connectivity index is 1.86. The second kappa shape index (κ2) is 8.79. The number of oxime groups is 1. The van der Waals surface area contributed by atoms with Crippen LogP contribution in [-0.2, 0) is 9.63 Å². The largest absolute Gasteiger partial charge is 0.497 e. The smallest absolute Gasteiger partial charge is 0.265 e. The number of amides is 1. The van der Waals surface area contributed by atoms with E-state index in [0.29, 0.717) is 22.2 Å². The summed E-state index contributed by atoms with van der Waals surface area (Å²) in [5.74, 6) is 0.771. The fourth-order valence-electron chi connectivity index (χ4n) is 1.83. The van der Waals surface area contributed by atoms with Crippen LogP contribution in [0, 0.1) is 0 Å². The fraction of sp³-hybridized carbons (Fsp3) is 0.176. The summed E-state index contributed by atoms with van der Waals surface area (Å²) in [7, 11) is 3.07. The number of carbonyl (C=O) groups is 1. The Labute approximate surface area is 145 Å². The van der Waals surface area contributed by atoms with Crippen LogP contribution in [0.15, 0.2) is 47.6 Å². The number of hydrogen-bond donors (Lipinski definition) is 1. The zero-order valence-electron chi connectivity index (χ0n) is 13.3. The quantitative estimate of drug-likeness (QED) is 0.615. The molecule has 2 aromatic rings. The van der Waals surface area contributed by atoms with Crippen LogP contribution in [-0.4, -0.2) is 32.9 Å². The monoisotopic (exact) mass is 348 g/mol. The maximum atomic E-state index is 11.9. The molecule has 7 heteroatoms. The van der Waals surface area contributed by atoms with Crippen molar-refractivity contribution in [1.29, 1.82) is 0 Å². The third-order valence-corrected chi connectivity index (χ3v) is 3.28. The Hall–Kier alpha value is -2.73. The Kier molecular flexibility index (Phi) is 6.45. The zero-order chi connectivity index (χ0) is 17.4. The van der Waals surface area contributed by atoms with Gasteiger partial charge in [0.05, 0.1) is 26.1 Å². The van der Waals surface area contributed by atoms with Crippen molar-refractivity contribution in [3.63, 3.8) is 0 Å². The molecular formula is C17H17ClN2O4. The molecule has 24 heavy (non-hydrogen) atoms. The second-order valence-electron chi connectivity index (χ2n) is 4.67. The van der Waals surface area contributed by atoms with Gasteiger partial charge < -0.3 is 19.6 Å². The number of ether oxygens (including phenoxy) is 2. The molecule has 0 radical (unpaired) electrons. The summed E-state index contributed by atoms with van der Waals surface area (Å²) >= 11 is 5.79. The van der Waals surface area contributed by atoms with E-state index in [1.165, 1.54) is 13.3 Å². The van der Waals surface area contributed by atoms with Crippen LogP contribution in [0.4, 0.5) is 5.69 Å². The fourth-order valence-corrected chi connectivity index (χ4v) is 1.96. The van der Waals surface area contributed by atoms with E-state index in [9.17, 15) is 4.79 Å². The predicted molar refractivity (Wildman–Crippen MR) is 93.2 cm³/mol. The molecule has 0 bridgehead atoms. The average Bonchev–Trinajstić information content (AvgIpc) is 2.60. The first-order valence-corrected chi connectivity index (χ1v) is 7.43. The van der Waals surface area contributed by atoms with E-state index in [0.717, 1.165) is 5.56 Å². The van der Waals surface area contributed by atoms with Crippen LogP contribution < -0.4 is 14.8 Å². The van der Waals surface area contributed by atoms with E-state index in [4.69, 9.17) is 25.9 Å². The van der Waals surface area contributed by atoms with Gasteiger partial charge in [-0.05, 0) is 29.8 Å². The Morgan fingerprint density at radius 3 is 2.58 bits per heavy atom. The second-order valence-corrected chi connectivity index (χ2v) is 5.11. The van der Waals surface area contributed by atoms with Crippen LogP contribution in [0.3, 0.4) is 0 Å². The molecule has 0 heterocycles. The van der Waals surface area contributed by atoms with E-state index in [1.807, 2.05) is 0 Å². The number of benzene rings is 2. The lowest BCUT2D eigenvalue weighted by atomic mass is 10.2. The number of hydrogen-bond acceptors (Lipinski definition) is 5. The molecule has 1 N–H and O–H groups in total. The van der Waals surface area contributed by atoms with Gasteiger partial charge in [0.15, 0.2) is 6.61 Å². The lowest BCUT2D eigenvalue weighted by molar-refractivity contribution is -0.120. The van der Waals surface area contributed by atoms with Crippen molar-refractivity contribution >= 4 is 29.4 Å². The van der Waals surface area contributed by atoms with Gasteiger partial charge in [0.2, 0.25) is 0 Å². The number of rotatable bonds is 7. The molecule has 0 spiro atoms. The van der Waals surface area contributed by atoms with Crippen LogP contribution >= 0.6 is 11.6 Å². The molecule has 2 rings (SSSR count). The highest BCUT2D eigenvalue weighted by atomic mass is 35.5. The number of nitrogens with one attached hydrogen (secondary N) is 1. The van der Waals surface area contributed by atoms with Gasteiger partial charge in [-0.25, -0.2) is 0 Å². The van der Waals surface area contributed by atoms with Gasteiger partial charge in [-0.15, -0.1) is 0 Å². The summed E-state index contributed by atoms with van der Waals surface area (Å²) in [6, 6.07) is 12.1. The maximum Gasteiger partial charge on any atom is 0.265 e. The van der Waals surface area contributed by atoms with E-state index in [2.05, 4.69) is 10.5 Å². The van der Waals surface area contributed by atoms with E-state index < -0.39 is 0 Å². The van der Waals surface area contributed by atoms with Gasteiger partial charge in [-0.1, -0.05) is 28.9 Å². The highest BCUT2D eigenvalue weighted by Gasteiger charge is 2.09. The minimum absolute atomic E-state index is 0.223. The van der Waals surface area contributed by atoms with Crippen molar-refractivity contribution in [2.75, 3.05) is 26.1 Å². The number of halogens is 1. The third-order valence-electron chi connectivity index (χ3n) is 3.02. The minimum Gasteiger partial charge on any atom is -0.497 e. The molecule has 2 aromatic carbocycles. The molecule has 0 saturated heterocycles. The first-order chi connectivity index (χ1) is 11.6. The Morgan fingerprint density at radius 1 is 1.17 bits per heavy atom. The molecule has 1 amide bonds. The van der Waals surface area contributed by atoms with Crippen LogP contribution in [0.2, 0.25) is 5.02 Å². The summed E-state index contributed by atoms with van der Waals surface area (Å²) in [6.07, 6.45) is 1.50. The summed E-state index contributed by atoms with van der Waals surface area (Å²) in [6.45, 7) is -0.223. The molecule has 0 fully saturated rings. The lowest BCUT2D eigenvalue weighted by Gasteiger charge is -2.11.